The average Bonchev–Trinajstić information content (AvgIpc) is 2.65. The van der Waals surface area contributed by atoms with Crippen molar-refractivity contribution in [2.24, 2.45) is 0 Å². The summed E-state index contributed by atoms with van der Waals surface area (Å²) in [4.78, 5) is 0. The molecule has 2 aromatic carbocycles. The first kappa shape index (κ1) is 8.25. The van der Waals surface area contributed by atoms with Gasteiger partial charge in [-0.05, 0) is 34.4 Å². The van der Waals surface area contributed by atoms with Crippen LogP contribution >= 0.6 is 15.9 Å². The zero-order valence-corrected chi connectivity index (χ0v) is 9.21. The van der Waals surface area contributed by atoms with Crippen LogP contribution in [0, 0.1) is 0 Å². The molecule has 0 aromatic heterocycles. The summed E-state index contributed by atoms with van der Waals surface area (Å²) in [6.07, 6.45) is 5.49. The van der Waals surface area contributed by atoms with Crippen molar-refractivity contribution in [3.8, 4) is 0 Å². The Balaban J connectivity index is 2.49. The van der Waals surface area contributed by atoms with Crippen LogP contribution in [0.1, 0.15) is 11.1 Å². The van der Waals surface area contributed by atoms with Crippen LogP contribution in [0.2, 0.25) is 0 Å². The standard InChI is InChI=1S/C13H9Br/c14-12-6-2-4-10-8-7-9-3-1-5-11(9)13(10)12/h1-4,6-8H,5H2. The summed E-state index contributed by atoms with van der Waals surface area (Å²) in [6.45, 7) is 0. The van der Waals surface area contributed by atoms with Gasteiger partial charge in [0.1, 0.15) is 0 Å². The van der Waals surface area contributed by atoms with Crippen LogP contribution < -0.4 is 0 Å². The summed E-state index contributed by atoms with van der Waals surface area (Å²) in [5.41, 5.74) is 2.82. The van der Waals surface area contributed by atoms with Gasteiger partial charge < -0.3 is 0 Å². The molecule has 0 atom stereocenters. The molecule has 0 radical (unpaired) electrons. The summed E-state index contributed by atoms with van der Waals surface area (Å²) in [5.74, 6) is 0. The highest BCUT2D eigenvalue weighted by Crippen LogP contribution is 2.33. The van der Waals surface area contributed by atoms with Gasteiger partial charge in [0.25, 0.3) is 0 Å². The lowest BCUT2D eigenvalue weighted by molar-refractivity contribution is 1.34. The van der Waals surface area contributed by atoms with Gasteiger partial charge in [-0.3, -0.25) is 0 Å². The Kier molecular flexibility index (Phi) is 1.74. The summed E-state index contributed by atoms with van der Waals surface area (Å²) in [7, 11) is 0. The molecule has 0 aliphatic heterocycles. The third-order valence-corrected chi connectivity index (χ3v) is 3.42. The quantitative estimate of drug-likeness (QED) is 0.653. The molecule has 1 aliphatic carbocycles. The zero-order chi connectivity index (χ0) is 9.54. The monoisotopic (exact) mass is 244 g/mol. The number of fused-ring (bicyclic) bond motifs is 3. The van der Waals surface area contributed by atoms with Gasteiger partial charge in [0.2, 0.25) is 0 Å². The molecule has 0 fully saturated rings. The maximum absolute atomic E-state index is 3.62. The fraction of sp³-hybridized carbons (Fsp3) is 0.0769. The lowest BCUT2D eigenvalue weighted by atomic mass is 10.0. The van der Waals surface area contributed by atoms with Crippen molar-refractivity contribution >= 4 is 32.8 Å². The van der Waals surface area contributed by atoms with Crippen LogP contribution in [0.3, 0.4) is 0 Å². The van der Waals surface area contributed by atoms with Gasteiger partial charge in [-0.25, -0.2) is 0 Å². The first-order valence-corrected chi connectivity index (χ1v) is 5.52. The Morgan fingerprint density at radius 2 is 2.00 bits per heavy atom. The van der Waals surface area contributed by atoms with Crippen molar-refractivity contribution in [2.45, 2.75) is 6.42 Å². The fourth-order valence-electron chi connectivity index (χ4n) is 2.10. The second kappa shape index (κ2) is 2.96. The highest BCUT2D eigenvalue weighted by molar-refractivity contribution is 9.10. The van der Waals surface area contributed by atoms with Gasteiger partial charge in [-0.15, -0.1) is 0 Å². The molecule has 3 rings (SSSR count). The minimum absolute atomic E-state index is 1.06. The maximum atomic E-state index is 3.62. The second-order valence-corrected chi connectivity index (χ2v) is 4.43. The van der Waals surface area contributed by atoms with E-state index < -0.39 is 0 Å². The van der Waals surface area contributed by atoms with E-state index in [9.17, 15) is 0 Å². The lowest BCUT2D eigenvalue weighted by Gasteiger charge is -2.06. The van der Waals surface area contributed by atoms with Crippen LogP contribution in [0.5, 0.6) is 0 Å². The summed E-state index contributed by atoms with van der Waals surface area (Å²) in [5, 5.41) is 2.69. The molecule has 0 amide bonds. The minimum atomic E-state index is 1.06. The van der Waals surface area contributed by atoms with Crippen LogP contribution in [0.25, 0.3) is 16.8 Å². The Labute approximate surface area is 91.4 Å². The van der Waals surface area contributed by atoms with E-state index in [4.69, 9.17) is 0 Å². The predicted octanol–water partition coefficient (Wildman–Crippen LogP) is 4.17. The molecule has 0 N–H and O–H groups in total. The Morgan fingerprint density at radius 3 is 2.93 bits per heavy atom. The topological polar surface area (TPSA) is 0 Å². The number of hydrogen-bond acceptors (Lipinski definition) is 0. The van der Waals surface area contributed by atoms with Crippen molar-refractivity contribution in [1.29, 1.82) is 0 Å². The van der Waals surface area contributed by atoms with E-state index in [0.717, 1.165) is 6.42 Å². The Bertz CT molecular complexity index is 538. The van der Waals surface area contributed by atoms with E-state index in [1.54, 1.807) is 0 Å². The minimum Gasteiger partial charge on any atom is -0.0795 e. The third-order valence-electron chi connectivity index (χ3n) is 2.76. The molecule has 0 heterocycles. The molecule has 0 saturated heterocycles. The molecule has 0 unspecified atom stereocenters. The first-order chi connectivity index (χ1) is 6.86. The number of benzene rings is 2. The largest absolute Gasteiger partial charge is 0.0795 e. The van der Waals surface area contributed by atoms with E-state index in [1.165, 1.54) is 26.4 Å². The Morgan fingerprint density at radius 1 is 1.07 bits per heavy atom. The van der Waals surface area contributed by atoms with Gasteiger partial charge in [0.05, 0.1) is 0 Å². The molecule has 1 heteroatoms. The number of halogens is 1. The zero-order valence-electron chi connectivity index (χ0n) is 7.63. The van der Waals surface area contributed by atoms with Gasteiger partial charge in [-0.1, -0.05) is 52.3 Å². The van der Waals surface area contributed by atoms with Gasteiger partial charge >= 0.3 is 0 Å². The van der Waals surface area contributed by atoms with E-state index in [1.807, 2.05) is 0 Å². The number of hydrogen-bond donors (Lipinski definition) is 0. The average molecular weight is 245 g/mol. The van der Waals surface area contributed by atoms with Crippen LogP contribution in [0.4, 0.5) is 0 Å². The SMILES string of the molecule is Brc1cccc2ccc3c(c12)CC=C3. The molecule has 0 nitrogen and oxygen atoms in total. The lowest BCUT2D eigenvalue weighted by Crippen LogP contribution is -1.85. The third kappa shape index (κ3) is 1.05. The van der Waals surface area contributed by atoms with Crippen molar-refractivity contribution in [3.05, 3.63) is 52.0 Å². The predicted molar refractivity (Wildman–Crippen MR) is 64.4 cm³/mol. The molecule has 0 saturated carbocycles. The molecule has 2 aromatic rings. The van der Waals surface area contributed by atoms with E-state index in [2.05, 4.69) is 58.4 Å². The van der Waals surface area contributed by atoms with Crippen LogP contribution in [-0.4, -0.2) is 0 Å². The molecule has 0 bridgehead atoms. The summed E-state index contributed by atoms with van der Waals surface area (Å²) < 4.78 is 1.20. The number of rotatable bonds is 0. The normalized spacial score (nSPS) is 13.5. The van der Waals surface area contributed by atoms with Gasteiger partial charge in [-0.2, -0.15) is 0 Å². The van der Waals surface area contributed by atoms with Crippen LogP contribution in [-0.2, 0) is 6.42 Å². The Hall–Kier alpha value is -1.08. The maximum Gasteiger partial charge on any atom is 0.0256 e. The highest BCUT2D eigenvalue weighted by Gasteiger charge is 2.10. The summed E-state index contributed by atoms with van der Waals surface area (Å²) in [6, 6.07) is 10.8. The number of allylic oxidation sites excluding steroid dienone is 1. The molecular formula is C13H9Br. The highest BCUT2D eigenvalue weighted by atomic mass is 79.9. The van der Waals surface area contributed by atoms with Crippen LogP contribution in [0.15, 0.2) is 40.9 Å². The van der Waals surface area contributed by atoms with Crippen molar-refractivity contribution in [3.63, 3.8) is 0 Å². The summed E-state index contributed by atoms with van der Waals surface area (Å²) >= 11 is 3.62. The molecule has 1 aliphatic rings. The van der Waals surface area contributed by atoms with Gasteiger partial charge in [0, 0.05) is 4.47 Å². The van der Waals surface area contributed by atoms with Crippen molar-refractivity contribution in [1.82, 2.24) is 0 Å². The first-order valence-electron chi connectivity index (χ1n) is 4.73. The molecule has 68 valence electrons. The van der Waals surface area contributed by atoms with Gasteiger partial charge in [0.15, 0.2) is 0 Å². The molecule has 0 spiro atoms. The van der Waals surface area contributed by atoms with E-state index >= 15 is 0 Å². The smallest absolute Gasteiger partial charge is 0.0256 e. The van der Waals surface area contributed by atoms with E-state index in [-0.39, 0.29) is 0 Å². The second-order valence-electron chi connectivity index (χ2n) is 3.58. The van der Waals surface area contributed by atoms with E-state index in [0.29, 0.717) is 0 Å². The molecular weight excluding hydrogens is 236 g/mol. The van der Waals surface area contributed by atoms with Crippen molar-refractivity contribution in [2.75, 3.05) is 0 Å². The molecule has 14 heavy (non-hydrogen) atoms. The fourth-order valence-corrected chi connectivity index (χ4v) is 2.72. The van der Waals surface area contributed by atoms with Crippen molar-refractivity contribution < 1.29 is 0 Å².